The number of hydrogen-bond acceptors (Lipinski definition) is 6. The van der Waals surface area contributed by atoms with Crippen molar-refractivity contribution in [1.29, 1.82) is 0 Å². The molecule has 2 heterocycles. The molecule has 1 amide bonds. The number of aliphatic hydroxyl groups excluding tert-OH is 1. The number of cyclic esters (lactones) is 1. The molecule has 0 radical (unpaired) electrons. The number of fused-ring (bicyclic) bond motifs is 1. The Kier molecular flexibility index (Phi) is 2.34. The lowest BCUT2D eigenvalue weighted by Crippen LogP contribution is -2.25. The molecule has 1 aromatic heterocycles. The Balaban J connectivity index is 2.02. The minimum Gasteiger partial charge on any atom is -0.508 e. The second kappa shape index (κ2) is 3.88. The fourth-order valence-corrected chi connectivity index (χ4v) is 1.90. The van der Waals surface area contributed by atoms with E-state index in [1.165, 1.54) is 17.0 Å². The molecule has 1 aromatic carbocycles. The lowest BCUT2D eigenvalue weighted by atomic mass is 10.2. The number of anilines is 1. The average Bonchev–Trinajstić information content (AvgIpc) is 2.91. The van der Waals surface area contributed by atoms with E-state index < -0.39 is 12.2 Å². The van der Waals surface area contributed by atoms with Gasteiger partial charge in [-0.3, -0.25) is 4.90 Å². The maximum Gasteiger partial charge on any atom is 0.416 e. The first kappa shape index (κ1) is 10.8. The van der Waals surface area contributed by atoms with Gasteiger partial charge in [-0.25, -0.2) is 4.79 Å². The second-order valence-corrected chi connectivity index (χ2v) is 3.99. The first-order chi connectivity index (χ1) is 8.69. The zero-order valence-corrected chi connectivity index (χ0v) is 9.24. The fraction of sp³-hybridized carbons (Fsp3) is 0.273. The third-order valence-electron chi connectivity index (χ3n) is 2.77. The van der Waals surface area contributed by atoms with Gasteiger partial charge in [-0.2, -0.15) is 0 Å². The summed E-state index contributed by atoms with van der Waals surface area (Å²) in [6.45, 7) is -0.0172. The van der Waals surface area contributed by atoms with E-state index in [2.05, 4.69) is 5.16 Å². The summed E-state index contributed by atoms with van der Waals surface area (Å²) in [5.74, 6) is 0.383. The standard InChI is InChI=1S/C11H10N2O5/c14-5-7-4-13(11(16)17-7)10-8-2-1-6(15)3-9(8)18-12-10/h1-3,7,14-15H,4-5H2/t7-/m0/s1. The summed E-state index contributed by atoms with van der Waals surface area (Å²) in [6, 6.07) is 4.50. The van der Waals surface area contributed by atoms with Gasteiger partial charge in [0.05, 0.1) is 18.5 Å². The molecule has 2 aromatic rings. The van der Waals surface area contributed by atoms with Gasteiger partial charge in [-0.15, -0.1) is 0 Å². The highest BCUT2D eigenvalue weighted by Gasteiger charge is 2.34. The summed E-state index contributed by atoms with van der Waals surface area (Å²) in [6.07, 6.45) is -1.13. The summed E-state index contributed by atoms with van der Waals surface area (Å²) in [7, 11) is 0. The molecule has 0 bridgehead atoms. The van der Waals surface area contributed by atoms with Crippen molar-refractivity contribution in [1.82, 2.24) is 5.16 Å². The van der Waals surface area contributed by atoms with E-state index in [9.17, 15) is 9.90 Å². The Morgan fingerprint density at radius 1 is 1.50 bits per heavy atom. The third kappa shape index (κ3) is 1.56. The molecule has 1 fully saturated rings. The normalized spacial score (nSPS) is 19.5. The number of hydrogen-bond donors (Lipinski definition) is 2. The van der Waals surface area contributed by atoms with Crippen molar-refractivity contribution < 1.29 is 24.3 Å². The third-order valence-corrected chi connectivity index (χ3v) is 2.77. The van der Waals surface area contributed by atoms with Gasteiger partial charge >= 0.3 is 6.09 Å². The first-order valence-electron chi connectivity index (χ1n) is 5.36. The molecule has 1 aliphatic heterocycles. The van der Waals surface area contributed by atoms with Gasteiger partial charge in [0.1, 0.15) is 11.9 Å². The predicted molar refractivity (Wildman–Crippen MR) is 60.4 cm³/mol. The summed E-state index contributed by atoms with van der Waals surface area (Å²) < 4.78 is 9.96. The maximum absolute atomic E-state index is 11.6. The largest absolute Gasteiger partial charge is 0.508 e. The molecule has 7 nitrogen and oxygen atoms in total. The number of aromatic nitrogens is 1. The predicted octanol–water partition coefficient (Wildman–Crippen LogP) is 0.851. The molecular formula is C11H10N2O5. The first-order valence-corrected chi connectivity index (χ1v) is 5.36. The molecule has 2 N–H and O–H groups in total. The Morgan fingerprint density at radius 3 is 3.06 bits per heavy atom. The van der Waals surface area contributed by atoms with Crippen LogP contribution in [0.4, 0.5) is 10.6 Å². The SMILES string of the molecule is O=C1O[C@H](CO)CN1c1noc2cc(O)ccc12. The van der Waals surface area contributed by atoms with Gasteiger partial charge in [0, 0.05) is 6.07 Å². The Morgan fingerprint density at radius 2 is 2.33 bits per heavy atom. The Hall–Kier alpha value is -2.28. The van der Waals surface area contributed by atoms with E-state index in [1.807, 2.05) is 0 Å². The summed E-state index contributed by atoms with van der Waals surface area (Å²) in [5, 5.41) is 22.7. The van der Waals surface area contributed by atoms with Crippen molar-refractivity contribution in [3.63, 3.8) is 0 Å². The number of phenols is 1. The van der Waals surface area contributed by atoms with Crippen LogP contribution in [0.2, 0.25) is 0 Å². The van der Waals surface area contributed by atoms with Crippen molar-refractivity contribution in [3.8, 4) is 5.75 Å². The maximum atomic E-state index is 11.6. The quantitative estimate of drug-likeness (QED) is 0.820. The van der Waals surface area contributed by atoms with Crippen molar-refractivity contribution in [2.75, 3.05) is 18.1 Å². The highest BCUT2D eigenvalue weighted by Crippen LogP contribution is 2.31. The number of phenolic OH excluding ortho intramolecular Hbond substituents is 1. The number of rotatable bonds is 2. The van der Waals surface area contributed by atoms with Crippen molar-refractivity contribution >= 4 is 22.9 Å². The summed E-state index contributed by atoms with van der Waals surface area (Å²) in [4.78, 5) is 12.9. The van der Waals surface area contributed by atoms with Crippen LogP contribution in [-0.4, -0.2) is 40.7 Å². The van der Waals surface area contributed by atoms with Crippen LogP contribution in [0.15, 0.2) is 22.7 Å². The Bertz CT molecular complexity index is 608. The van der Waals surface area contributed by atoms with E-state index in [0.29, 0.717) is 16.8 Å². The molecule has 1 saturated heterocycles. The molecule has 1 aliphatic rings. The highest BCUT2D eigenvalue weighted by molar-refractivity contribution is 5.99. The molecule has 1 atom stereocenters. The molecule has 0 spiro atoms. The van der Waals surface area contributed by atoms with Crippen molar-refractivity contribution in [2.24, 2.45) is 0 Å². The monoisotopic (exact) mass is 250 g/mol. The highest BCUT2D eigenvalue weighted by atomic mass is 16.6. The number of benzene rings is 1. The smallest absolute Gasteiger partial charge is 0.416 e. The van der Waals surface area contributed by atoms with E-state index in [0.717, 1.165) is 0 Å². The molecule has 94 valence electrons. The minimum atomic E-state index is -0.572. The molecule has 0 aliphatic carbocycles. The second-order valence-electron chi connectivity index (χ2n) is 3.99. The number of carbonyl (C=O) groups is 1. The zero-order chi connectivity index (χ0) is 12.7. The number of aliphatic hydroxyl groups is 1. The van der Waals surface area contributed by atoms with Crippen LogP contribution < -0.4 is 4.90 Å². The topological polar surface area (TPSA) is 96.0 Å². The Labute approximate surface area is 101 Å². The lowest BCUT2D eigenvalue weighted by Gasteiger charge is -2.07. The molecule has 3 rings (SSSR count). The number of aromatic hydroxyl groups is 1. The molecular weight excluding hydrogens is 240 g/mol. The average molecular weight is 250 g/mol. The van der Waals surface area contributed by atoms with Crippen molar-refractivity contribution in [2.45, 2.75) is 6.10 Å². The minimum absolute atomic E-state index is 0.0578. The summed E-state index contributed by atoms with van der Waals surface area (Å²) >= 11 is 0. The van der Waals surface area contributed by atoms with E-state index >= 15 is 0 Å². The van der Waals surface area contributed by atoms with Crippen LogP contribution in [0.25, 0.3) is 11.0 Å². The zero-order valence-electron chi connectivity index (χ0n) is 9.24. The van der Waals surface area contributed by atoms with Crippen LogP contribution in [0.1, 0.15) is 0 Å². The van der Waals surface area contributed by atoms with Crippen molar-refractivity contribution in [3.05, 3.63) is 18.2 Å². The van der Waals surface area contributed by atoms with Crippen LogP contribution in [0.5, 0.6) is 5.75 Å². The molecule has 18 heavy (non-hydrogen) atoms. The fourth-order valence-electron chi connectivity index (χ4n) is 1.90. The van der Waals surface area contributed by atoms with Crippen LogP contribution in [-0.2, 0) is 4.74 Å². The molecule has 0 unspecified atom stereocenters. The van der Waals surface area contributed by atoms with Gasteiger partial charge in [0.2, 0.25) is 0 Å². The van der Waals surface area contributed by atoms with E-state index in [4.69, 9.17) is 14.4 Å². The van der Waals surface area contributed by atoms with Gasteiger partial charge in [0.15, 0.2) is 11.4 Å². The molecule has 7 heteroatoms. The number of amides is 1. The number of nitrogens with zero attached hydrogens (tertiary/aromatic N) is 2. The van der Waals surface area contributed by atoms with Crippen LogP contribution >= 0.6 is 0 Å². The van der Waals surface area contributed by atoms with Gasteiger partial charge in [0.25, 0.3) is 0 Å². The lowest BCUT2D eigenvalue weighted by molar-refractivity contribution is 0.0963. The number of ether oxygens (including phenoxy) is 1. The number of carbonyl (C=O) groups excluding carboxylic acids is 1. The van der Waals surface area contributed by atoms with E-state index in [-0.39, 0.29) is 18.9 Å². The molecule has 0 saturated carbocycles. The van der Waals surface area contributed by atoms with E-state index in [1.54, 1.807) is 6.07 Å². The van der Waals surface area contributed by atoms with Gasteiger partial charge in [-0.05, 0) is 12.1 Å². The van der Waals surface area contributed by atoms with Crippen LogP contribution in [0, 0.1) is 0 Å². The van der Waals surface area contributed by atoms with Gasteiger partial charge in [-0.1, -0.05) is 5.16 Å². The van der Waals surface area contributed by atoms with Crippen LogP contribution in [0.3, 0.4) is 0 Å². The van der Waals surface area contributed by atoms with Gasteiger partial charge < -0.3 is 19.5 Å². The summed E-state index contributed by atoms with van der Waals surface area (Å²) in [5.41, 5.74) is 0.380.